The van der Waals surface area contributed by atoms with Gasteiger partial charge in [0.05, 0.1) is 18.6 Å². The maximum atomic E-state index is 12.1. The van der Waals surface area contributed by atoms with E-state index in [1.165, 1.54) is 12.7 Å². The molecule has 0 aromatic heterocycles. The van der Waals surface area contributed by atoms with Crippen molar-refractivity contribution >= 4 is 21.9 Å². The smallest absolute Gasteiger partial charge is 0.313 e. The van der Waals surface area contributed by atoms with Gasteiger partial charge in [0, 0.05) is 4.47 Å². The lowest BCUT2D eigenvalue weighted by atomic mass is 9.78. The van der Waals surface area contributed by atoms with E-state index < -0.39 is 5.41 Å². The van der Waals surface area contributed by atoms with E-state index >= 15 is 0 Å². The van der Waals surface area contributed by atoms with Crippen LogP contribution in [0, 0.1) is 12.3 Å². The van der Waals surface area contributed by atoms with Crippen LogP contribution in [-0.2, 0) is 9.53 Å². The molecule has 1 rings (SSSR count). The van der Waals surface area contributed by atoms with Crippen molar-refractivity contribution in [2.45, 2.75) is 26.8 Å². The molecule has 0 spiro atoms. The molecule has 0 bridgehead atoms. The first-order chi connectivity index (χ1) is 8.71. The Morgan fingerprint density at radius 1 is 1.37 bits per heavy atom. The minimum Gasteiger partial charge on any atom is -0.469 e. The molecule has 4 heteroatoms. The Morgan fingerprint density at radius 3 is 2.42 bits per heavy atom. The van der Waals surface area contributed by atoms with Crippen molar-refractivity contribution in [1.82, 2.24) is 4.90 Å². The number of carbonyl (C=O) groups is 1. The topological polar surface area (TPSA) is 29.5 Å². The fourth-order valence-corrected chi connectivity index (χ4v) is 2.97. The molecule has 0 N–H and O–H groups in total. The van der Waals surface area contributed by atoms with E-state index in [1.807, 2.05) is 34.0 Å². The monoisotopic (exact) mass is 327 g/mol. The summed E-state index contributed by atoms with van der Waals surface area (Å²) in [6.45, 7) is 5.90. The first kappa shape index (κ1) is 16.2. The fourth-order valence-electron chi connectivity index (χ4n) is 2.59. The van der Waals surface area contributed by atoms with Crippen molar-refractivity contribution < 1.29 is 9.53 Å². The molecule has 3 nitrogen and oxygen atoms in total. The Kier molecular flexibility index (Phi) is 5.16. The summed E-state index contributed by atoms with van der Waals surface area (Å²) < 4.78 is 5.97. The molecule has 0 radical (unpaired) electrons. The van der Waals surface area contributed by atoms with E-state index in [0.717, 1.165) is 10.0 Å². The average Bonchev–Trinajstić information content (AvgIpc) is 2.32. The molecular weight excluding hydrogens is 306 g/mol. The fraction of sp³-hybridized carbons (Fsp3) is 0.533. The van der Waals surface area contributed by atoms with Gasteiger partial charge in [-0.3, -0.25) is 4.79 Å². The molecule has 1 aromatic carbocycles. The zero-order valence-corrected chi connectivity index (χ0v) is 14.0. The third-order valence-electron chi connectivity index (χ3n) is 3.45. The molecule has 1 atom stereocenters. The van der Waals surface area contributed by atoms with Crippen LogP contribution in [0.1, 0.15) is 31.0 Å². The molecule has 106 valence electrons. The van der Waals surface area contributed by atoms with Crippen LogP contribution >= 0.6 is 15.9 Å². The molecule has 0 heterocycles. The molecule has 0 fully saturated rings. The zero-order chi connectivity index (χ0) is 14.8. The van der Waals surface area contributed by atoms with Crippen molar-refractivity contribution in [3.05, 3.63) is 33.8 Å². The van der Waals surface area contributed by atoms with Gasteiger partial charge in [-0.25, -0.2) is 0 Å². The third kappa shape index (κ3) is 3.37. The number of aryl methyl sites for hydroxylation is 1. The minimum atomic E-state index is -0.621. The number of hydrogen-bond acceptors (Lipinski definition) is 3. The highest BCUT2D eigenvalue weighted by molar-refractivity contribution is 9.10. The quantitative estimate of drug-likeness (QED) is 0.792. The summed E-state index contributed by atoms with van der Waals surface area (Å²) in [4.78, 5) is 14.1. The number of benzene rings is 1. The number of esters is 1. The van der Waals surface area contributed by atoms with E-state index in [0.29, 0.717) is 0 Å². The molecule has 0 aliphatic carbocycles. The normalized spacial score (nSPS) is 13.5. The van der Waals surface area contributed by atoms with Crippen molar-refractivity contribution in [2.75, 3.05) is 21.2 Å². The number of ether oxygens (including phenoxy) is 1. The van der Waals surface area contributed by atoms with E-state index in [4.69, 9.17) is 4.74 Å². The zero-order valence-electron chi connectivity index (χ0n) is 12.5. The molecule has 19 heavy (non-hydrogen) atoms. The summed E-state index contributed by atoms with van der Waals surface area (Å²) in [6, 6.07) is 6.10. The predicted octanol–water partition coefficient (Wildman–Crippen LogP) is 3.56. The van der Waals surface area contributed by atoms with Gasteiger partial charge in [-0.05, 0) is 58.1 Å². The second-order valence-corrected chi connectivity index (χ2v) is 6.50. The molecular formula is C15H22BrNO2. The van der Waals surface area contributed by atoms with Crippen molar-refractivity contribution in [3.63, 3.8) is 0 Å². The molecule has 1 aromatic rings. The van der Waals surface area contributed by atoms with Gasteiger partial charge in [0.2, 0.25) is 0 Å². The van der Waals surface area contributed by atoms with Gasteiger partial charge in [-0.1, -0.05) is 22.0 Å². The van der Waals surface area contributed by atoms with Crippen molar-refractivity contribution in [3.8, 4) is 0 Å². The van der Waals surface area contributed by atoms with Gasteiger partial charge < -0.3 is 9.64 Å². The van der Waals surface area contributed by atoms with Crippen LogP contribution in [0.3, 0.4) is 0 Å². The molecule has 0 saturated heterocycles. The largest absolute Gasteiger partial charge is 0.469 e. The lowest BCUT2D eigenvalue weighted by molar-refractivity contribution is -0.154. The van der Waals surface area contributed by atoms with Gasteiger partial charge in [-0.2, -0.15) is 0 Å². The highest BCUT2D eigenvalue weighted by atomic mass is 79.9. The number of methoxy groups -OCH3 is 1. The molecule has 0 saturated carbocycles. The van der Waals surface area contributed by atoms with Gasteiger partial charge in [0.1, 0.15) is 0 Å². The van der Waals surface area contributed by atoms with Gasteiger partial charge in [0.15, 0.2) is 0 Å². The van der Waals surface area contributed by atoms with E-state index in [2.05, 4.69) is 39.9 Å². The summed E-state index contributed by atoms with van der Waals surface area (Å²) in [7, 11) is 5.40. The Balaban J connectivity index is 3.36. The Labute approximate surface area is 124 Å². The lowest BCUT2D eigenvalue weighted by Gasteiger charge is -2.37. The van der Waals surface area contributed by atoms with E-state index in [-0.39, 0.29) is 12.0 Å². The van der Waals surface area contributed by atoms with Gasteiger partial charge >= 0.3 is 5.97 Å². The maximum absolute atomic E-state index is 12.1. The predicted molar refractivity (Wildman–Crippen MR) is 81.1 cm³/mol. The van der Waals surface area contributed by atoms with Crippen molar-refractivity contribution in [2.24, 2.45) is 5.41 Å². The van der Waals surface area contributed by atoms with Crippen LogP contribution in [0.25, 0.3) is 0 Å². The Hall–Kier alpha value is -0.870. The average molecular weight is 328 g/mol. The van der Waals surface area contributed by atoms with Crippen LogP contribution in [0.2, 0.25) is 0 Å². The summed E-state index contributed by atoms with van der Waals surface area (Å²) >= 11 is 3.50. The van der Waals surface area contributed by atoms with E-state index in [9.17, 15) is 4.79 Å². The first-order valence-electron chi connectivity index (χ1n) is 6.22. The summed E-state index contributed by atoms with van der Waals surface area (Å²) in [6.07, 6.45) is 0. The van der Waals surface area contributed by atoms with Crippen LogP contribution in [0.15, 0.2) is 22.7 Å². The van der Waals surface area contributed by atoms with Crippen LogP contribution in [0.5, 0.6) is 0 Å². The molecule has 0 aliphatic rings. The Bertz CT molecular complexity index is 469. The van der Waals surface area contributed by atoms with Crippen LogP contribution < -0.4 is 0 Å². The van der Waals surface area contributed by atoms with Gasteiger partial charge in [0.25, 0.3) is 0 Å². The Morgan fingerprint density at radius 2 is 1.95 bits per heavy atom. The highest BCUT2D eigenvalue weighted by Crippen LogP contribution is 2.40. The van der Waals surface area contributed by atoms with Crippen molar-refractivity contribution in [1.29, 1.82) is 0 Å². The number of rotatable bonds is 4. The van der Waals surface area contributed by atoms with Crippen LogP contribution in [-0.4, -0.2) is 32.1 Å². The number of nitrogens with zero attached hydrogens (tertiary/aromatic N) is 1. The van der Waals surface area contributed by atoms with E-state index in [1.54, 1.807) is 0 Å². The third-order valence-corrected chi connectivity index (χ3v) is 3.94. The standard InChI is InChI=1S/C15H22BrNO2/c1-10-7-8-11(16)9-12(10)13(17(4)5)15(2,3)14(18)19-6/h7-9,13H,1-6H3. The number of hydrogen-bond donors (Lipinski definition) is 0. The first-order valence-corrected chi connectivity index (χ1v) is 7.02. The summed E-state index contributed by atoms with van der Waals surface area (Å²) in [5, 5.41) is 0. The molecule has 0 aliphatic heterocycles. The van der Waals surface area contributed by atoms with Gasteiger partial charge in [-0.15, -0.1) is 0 Å². The molecule has 0 amide bonds. The highest BCUT2D eigenvalue weighted by Gasteiger charge is 2.40. The minimum absolute atomic E-state index is 0.0440. The summed E-state index contributed by atoms with van der Waals surface area (Å²) in [5.74, 6) is -0.203. The lowest BCUT2D eigenvalue weighted by Crippen LogP contribution is -2.40. The number of carbonyl (C=O) groups excluding carboxylic acids is 1. The SMILES string of the molecule is COC(=O)C(C)(C)C(c1cc(Br)ccc1C)N(C)C. The maximum Gasteiger partial charge on any atom is 0.313 e. The summed E-state index contributed by atoms with van der Waals surface area (Å²) in [5.41, 5.74) is 1.68. The second kappa shape index (κ2) is 6.06. The second-order valence-electron chi connectivity index (χ2n) is 5.58. The number of halogens is 1. The molecule has 1 unspecified atom stereocenters. The van der Waals surface area contributed by atoms with Crippen LogP contribution in [0.4, 0.5) is 0 Å².